The zero-order valence-corrected chi connectivity index (χ0v) is 27.1. The minimum absolute atomic E-state index is 0.0166. The summed E-state index contributed by atoms with van der Waals surface area (Å²) in [7, 11) is -3.79. The van der Waals surface area contributed by atoms with E-state index >= 15 is 0 Å². The molecule has 3 aromatic carbocycles. The smallest absolute Gasteiger partial charge is 0.263 e. The molecule has 0 saturated heterocycles. The quantitative estimate of drug-likeness (QED) is 0.153. The predicted molar refractivity (Wildman–Crippen MR) is 175 cm³/mol. The van der Waals surface area contributed by atoms with Crippen LogP contribution in [-0.2, 0) is 20.2 Å². The molecule has 0 saturated carbocycles. The summed E-state index contributed by atoms with van der Waals surface area (Å²) in [5.41, 5.74) is 3.43. The van der Waals surface area contributed by atoms with Crippen molar-refractivity contribution in [2.45, 2.75) is 43.2 Å². The van der Waals surface area contributed by atoms with Crippen LogP contribution in [0.5, 0.6) is 5.75 Å². The van der Waals surface area contributed by atoms with Gasteiger partial charge in [0.1, 0.15) is 5.75 Å². The summed E-state index contributed by atoms with van der Waals surface area (Å²) in [4.78, 5) is 16.9. The fourth-order valence-electron chi connectivity index (χ4n) is 4.25. The van der Waals surface area contributed by atoms with Crippen LogP contribution in [0.25, 0.3) is 17.1 Å². The Morgan fingerprint density at radius 2 is 1.68 bits per heavy atom. The highest BCUT2D eigenvalue weighted by atomic mass is 32.2. The molecule has 5 aromatic rings. The maximum absolute atomic E-state index is 12.9. The molecule has 228 valence electrons. The first kappa shape index (κ1) is 31.2. The SMILES string of the molecule is CCOc1ccc(-n2c(SCC(=O)Nc3ccc(S(=O)(=O)Nc4nccs4)cc3)nnc2-c2ccc(C(C)(C)C)cc2)cc1. The van der Waals surface area contributed by atoms with Crippen LogP contribution in [-0.4, -0.2) is 46.4 Å². The van der Waals surface area contributed by atoms with E-state index in [1.165, 1.54) is 47.0 Å². The molecule has 0 aliphatic rings. The van der Waals surface area contributed by atoms with Crippen molar-refractivity contribution in [3.8, 4) is 22.8 Å². The lowest BCUT2D eigenvalue weighted by molar-refractivity contribution is -0.113. The first-order valence-corrected chi connectivity index (χ1v) is 17.1. The Labute approximate surface area is 265 Å². The fourth-order valence-corrected chi connectivity index (χ4v) is 6.79. The first-order chi connectivity index (χ1) is 21.0. The number of anilines is 2. The summed E-state index contributed by atoms with van der Waals surface area (Å²) in [5, 5.41) is 14.3. The van der Waals surface area contributed by atoms with E-state index in [2.05, 4.69) is 58.1 Å². The number of carbonyl (C=O) groups is 1. The van der Waals surface area contributed by atoms with Gasteiger partial charge in [0.15, 0.2) is 16.1 Å². The molecule has 0 spiro atoms. The second-order valence-corrected chi connectivity index (χ2v) is 14.2. The Kier molecular flexibility index (Phi) is 9.37. The first-order valence-electron chi connectivity index (χ1n) is 13.8. The second kappa shape index (κ2) is 13.2. The van der Waals surface area contributed by atoms with E-state index in [1.807, 2.05) is 47.9 Å². The van der Waals surface area contributed by atoms with Crippen molar-refractivity contribution >= 4 is 49.8 Å². The van der Waals surface area contributed by atoms with E-state index in [0.29, 0.717) is 23.3 Å². The van der Waals surface area contributed by atoms with E-state index in [1.54, 1.807) is 17.5 Å². The Balaban J connectivity index is 1.32. The summed E-state index contributed by atoms with van der Waals surface area (Å²) in [5.74, 6) is 1.19. The summed E-state index contributed by atoms with van der Waals surface area (Å²) in [6.07, 6.45) is 1.52. The number of nitrogens with one attached hydrogen (secondary N) is 2. The topological polar surface area (TPSA) is 128 Å². The molecule has 0 atom stereocenters. The minimum atomic E-state index is -3.79. The number of hydrogen-bond donors (Lipinski definition) is 2. The Morgan fingerprint density at radius 1 is 0.977 bits per heavy atom. The highest BCUT2D eigenvalue weighted by Crippen LogP contribution is 2.31. The maximum atomic E-state index is 12.9. The molecule has 2 aromatic heterocycles. The van der Waals surface area contributed by atoms with Gasteiger partial charge in [0.05, 0.1) is 17.3 Å². The van der Waals surface area contributed by atoms with E-state index in [4.69, 9.17) is 4.74 Å². The number of thiazole rings is 1. The van der Waals surface area contributed by atoms with Crippen molar-refractivity contribution in [3.63, 3.8) is 0 Å². The minimum Gasteiger partial charge on any atom is -0.494 e. The van der Waals surface area contributed by atoms with Gasteiger partial charge in [-0.2, -0.15) is 0 Å². The molecule has 5 rings (SSSR count). The third-order valence-corrected chi connectivity index (χ3v) is 9.58. The van der Waals surface area contributed by atoms with Gasteiger partial charge in [0.25, 0.3) is 10.0 Å². The van der Waals surface area contributed by atoms with Crippen LogP contribution in [0.1, 0.15) is 33.3 Å². The Morgan fingerprint density at radius 3 is 2.30 bits per heavy atom. The molecular formula is C31H32N6O4S3. The van der Waals surface area contributed by atoms with Crippen LogP contribution < -0.4 is 14.8 Å². The molecule has 2 N–H and O–H groups in total. The predicted octanol–water partition coefficient (Wildman–Crippen LogP) is 6.62. The number of carbonyl (C=O) groups excluding carboxylic acids is 1. The Hall–Kier alpha value is -4.20. The van der Waals surface area contributed by atoms with Crippen molar-refractivity contribution in [1.29, 1.82) is 0 Å². The number of hydrogen-bond acceptors (Lipinski definition) is 9. The third-order valence-electron chi connectivity index (χ3n) is 6.48. The van der Waals surface area contributed by atoms with Crippen LogP contribution in [0.3, 0.4) is 0 Å². The van der Waals surface area contributed by atoms with Gasteiger partial charge in [-0.05, 0) is 66.4 Å². The number of aromatic nitrogens is 4. The average molecular weight is 649 g/mol. The standard InChI is InChI=1S/C31H32N6O4S3/c1-5-41-25-14-12-24(13-15-25)37-28(21-6-8-22(9-7-21)31(2,3)4)34-35-30(37)43-20-27(38)33-23-10-16-26(17-11-23)44(39,40)36-29-32-18-19-42-29/h6-19H,5,20H2,1-4H3,(H,32,36)(H,33,38). The van der Waals surface area contributed by atoms with E-state index < -0.39 is 10.0 Å². The number of sulfonamides is 1. The normalized spacial score (nSPS) is 11.7. The second-order valence-electron chi connectivity index (χ2n) is 10.7. The van der Waals surface area contributed by atoms with E-state index in [0.717, 1.165) is 17.0 Å². The maximum Gasteiger partial charge on any atom is 0.263 e. The molecule has 0 bridgehead atoms. The lowest BCUT2D eigenvalue weighted by atomic mass is 9.87. The van der Waals surface area contributed by atoms with E-state index in [-0.39, 0.29) is 27.1 Å². The third kappa shape index (κ3) is 7.47. The van der Waals surface area contributed by atoms with Crippen LogP contribution in [0.4, 0.5) is 10.8 Å². The van der Waals surface area contributed by atoms with E-state index in [9.17, 15) is 13.2 Å². The van der Waals surface area contributed by atoms with Crippen LogP contribution >= 0.6 is 23.1 Å². The molecular weight excluding hydrogens is 617 g/mol. The van der Waals surface area contributed by atoms with Gasteiger partial charge in [0, 0.05) is 28.5 Å². The number of nitrogens with zero attached hydrogens (tertiary/aromatic N) is 4. The van der Waals surface area contributed by atoms with Crippen LogP contribution in [0.15, 0.2) is 94.4 Å². The van der Waals surface area contributed by atoms with Gasteiger partial charge >= 0.3 is 0 Å². The number of thioether (sulfide) groups is 1. The lowest BCUT2D eigenvalue weighted by Crippen LogP contribution is -2.15. The van der Waals surface area contributed by atoms with Crippen molar-refractivity contribution in [2.24, 2.45) is 0 Å². The monoisotopic (exact) mass is 648 g/mol. The van der Waals surface area contributed by atoms with Gasteiger partial charge in [-0.25, -0.2) is 13.4 Å². The number of rotatable bonds is 11. The van der Waals surface area contributed by atoms with Crippen molar-refractivity contribution < 1.29 is 17.9 Å². The lowest BCUT2D eigenvalue weighted by Gasteiger charge is -2.19. The molecule has 44 heavy (non-hydrogen) atoms. The molecule has 0 unspecified atom stereocenters. The highest BCUT2D eigenvalue weighted by molar-refractivity contribution is 7.99. The fraction of sp³-hybridized carbons (Fsp3) is 0.226. The summed E-state index contributed by atoms with van der Waals surface area (Å²) in [6, 6.07) is 21.9. The number of ether oxygens (including phenoxy) is 1. The Bertz CT molecular complexity index is 1810. The molecule has 0 radical (unpaired) electrons. The molecule has 0 fully saturated rings. The molecule has 2 heterocycles. The van der Waals surface area contributed by atoms with Gasteiger partial charge in [-0.3, -0.25) is 14.1 Å². The van der Waals surface area contributed by atoms with Gasteiger partial charge < -0.3 is 10.1 Å². The van der Waals surface area contributed by atoms with Crippen LogP contribution in [0.2, 0.25) is 0 Å². The average Bonchev–Trinajstić information content (AvgIpc) is 3.66. The van der Waals surface area contributed by atoms with Crippen molar-refractivity contribution in [3.05, 3.63) is 89.9 Å². The molecule has 1 amide bonds. The largest absolute Gasteiger partial charge is 0.494 e. The van der Waals surface area contributed by atoms with Crippen molar-refractivity contribution in [2.75, 3.05) is 22.4 Å². The summed E-state index contributed by atoms with van der Waals surface area (Å²) < 4.78 is 35.2. The number of amides is 1. The zero-order chi connectivity index (χ0) is 31.3. The van der Waals surface area contributed by atoms with Gasteiger partial charge in [-0.1, -0.05) is 56.8 Å². The summed E-state index contributed by atoms with van der Waals surface area (Å²) >= 11 is 2.44. The molecule has 0 aliphatic carbocycles. The molecule has 13 heteroatoms. The molecule has 0 aliphatic heterocycles. The number of benzene rings is 3. The zero-order valence-electron chi connectivity index (χ0n) is 24.6. The van der Waals surface area contributed by atoms with Gasteiger partial charge in [-0.15, -0.1) is 21.5 Å². The summed E-state index contributed by atoms with van der Waals surface area (Å²) in [6.45, 7) is 9.01. The molecule has 10 nitrogen and oxygen atoms in total. The van der Waals surface area contributed by atoms with Crippen molar-refractivity contribution in [1.82, 2.24) is 19.7 Å². The highest BCUT2D eigenvalue weighted by Gasteiger charge is 2.20. The van der Waals surface area contributed by atoms with Gasteiger partial charge in [0.2, 0.25) is 5.91 Å². The van der Waals surface area contributed by atoms with Crippen LogP contribution in [0, 0.1) is 0 Å².